The lowest BCUT2D eigenvalue weighted by molar-refractivity contribution is -0.157. The lowest BCUT2D eigenvalue weighted by atomic mass is 9.94. The molecule has 27 heteroatoms. The number of fused-ring (bicyclic) bond motifs is 5. The Morgan fingerprint density at radius 2 is 1.52 bits per heavy atom. The van der Waals surface area contributed by atoms with Crippen molar-refractivity contribution in [2.24, 2.45) is 11.8 Å². The van der Waals surface area contributed by atoms with Crippen molar-refractivity contribution in [3.05, 3.63) is 161 Å². The highest BCUT2D eigenvalue weighted by Crippen LogP contribution is 2.29. The Morgan fingerprint density at radius 3 is 2.22 bits per heavy atom. The van der Waals surface area contributed by atoms with Crippen LogP contribution in [0, 0.1) is 11.8 Å². The van der Waals surface area contributed by atoms with Gasteiger partial charge >= 0.3 is 11.9 Å². The molecule has 8 amide bonds. The number of hydrogen-bond acceptors (Lipinski definition) is 19. The second-order valence-corrected chi connectivity index (χ2v) is 25.0. The van der Waals surface area contributed by atoms with E-state index in [-0.39, 0.29) is 123 Å². The molecule has 0 radical (unpaired) electrons. The van der Waals surface area contributed by atoms with E-state index in [0.29, 0.717) is 12.8 Å². The van der Waals surface area contributed by atoms with Crippen LogP contribution in [0.1, 0.15) is 131 Å². The van der Waals surface area contributed by atoms with E-state index in [1.165, 1.54) is 58.0 Å². The third-order valence-corrected chi connectivity index (χ3v) is 17.4. The van der Waals surface area contributed by atoms with E-state index in [1.807, 2.05) is 26.8 Å². The fraction of sp³-hybridized carbons (Fsp3) is 0.437. The predicted molar refractivity (Wildman–Crippen MR) is 352 cm³/mol. The summed E-state index contributed by atoms with van der Waals surface area (Å²) < 4.78 is 17.0. The first-order valence-corrected chi connectivity index (χ1v) is 32.8. The van der Waals surface area contributed by atoms with Gasteiger partial charge in [-0.1, -0.05) is 124 Å². The van der Waals surface area contributed by atoms with E-state index < -0.39 is 119 Å². The molecule has 0 spiro atoms. The summed E-state index contributed by atoms with van der Waals surface area (Å²) in [5, 5.41) is 31.2. The zero-order valence-corrected chi connectivity index (χ0v) is 55.8. The van der Waals surface area contributed by atoms with E-state index in [4.69, 9.17) is 13.9 Å². The number of amides is 8. The number of aliphatic hydroxyl groups excluding tert-OH is 1. The Hall–Kier alpha value is -10.4. The highest BCUT2D eigenvalue weighted by atomic mass is 16.6. The van der Waals surface area contributed by atoms with Gasteiger partial charge in [0.1, 0.15) is 71.7 Å². The zero-order valence-electron chi connectivity index (χ0n) is 55.8. The summed E-state index contributed by atoms with van der Waals surface area (Å²) in [6.45, 7) is 11.0. The molecule has 9 rings (SSSR count). The normalized spacial score (nSPS) is 26.7. The Kier molecular flexibility index (Phi) is 25.4. The number of carbonyl (C=O) groups excluding carboxylic acids is 12. The number of hydrogen-bond donors (Lipinski definition) is 6. The van der Waals surface area contributed by atoms with Crippen molar-refractivity contribution in [1.29, 1.82) is 0 Å². The summed E-state index contributed by atoms with van der Waals surface area (Å²) >= 11 is 0. The third-order valence-electron chi connectivity index (χ3n) is 17.4. The van der Waals surface area contributed by atoms with Crippen LogP contribution >= 0.6 is 0 Å². The second-order valence-electron chi connectivity index (χ2n) is 25.0. The molecule has 520 valence electrons. The van der Waals surface area contributed by atoms with E-state index >= 15 is 0 Å². The minimum atomic E-state index is -1.68. The van der Waals surface area contributed by atoms with Crippen LogP contribution in [-0.4, -0.2) is 192 Å². The Labute approximate surface area is 567 Å². The van der Waals surface area contributed by atoms with Crippen molar-refractivity contribution in [3.63, 3.8) is 0 Å². The number of aromatic nitrogens is 2. The minimum absolute atomic E-state index is 0.0315. The number of nitrogens with one attached hydrogen (secondary N) is 4. The van der Waals surface area contributed by atoms with Crippen LogP contribution in [0.2, 0.25) is 0 Å². The van der Waals surface area contributed by atoms with Crippen molar-refractivity contribution in [2.45, 2.75) is 154 Å². The SMILES string of the molecule is CC1=C/[C@@H](O)CC(=O)Cc2nc(co2)C(=O)N2CCC=C2C(=O)O[C@H](C(C)C)[C@H](C)/C=C\C(=O)NC/C=C\1.CC[C@H]1NC(=O)[C@@H](NC(=O)c2ncccc2O)[C@@H](C)OC(=O)[C@H](c2ccccc2)NC(=O)[C@@H]2CC(=O)CCN2C(=O)[C@H](Cc2ccccc2)N(C)C(=O)[C@@H]2CCCN2C1=O. The number of cyclic esters (lactones) is 2. The number of nitrogens with zero attached hydrogens (tertiary/aromatic N) is 6. The average molecular weight is 1350 g/mol. The first-order chi connectivity index (χ1) is 46.8. The molecule has 0 unspecified atom stereocenters. The van der Waals surface area contributed by atoms with E-state index in [9.17, 15) is 67.7 Å². The first kappa shape index (κ1) is 73.4. The molecule has 10 atom stereocenters. The molecule has 6 N–H and O–H groups in total. The molecule has 2 aromatic carbocycles. The van der Waals surface area contributed by atoms with Gasteiger partial charge in [-0.25, -0.2) is 19.6 Å². The number of ether oxygens (including phenoxy) is 2. The van der Waals surface area contributed by atoms with Crippen molar-refractivity contribution in [2.75, 3.05) is 33.2 Å². The van der Waals surface area contributed by atoms with Gasteiger partial charge in [0, 0.05) is 71.0 Å². The fourth-order valence-corrected chi connectivity index (χ4v) is 12.2. The van der Waals surface area contributed by atoms with Gasteiger partial charge in [0.15, 0.2) is 17.4 Å². The van der Waals surface area contributed by atoms with Crippen LogP contribution in [0.4, 0.5) is 0 Å². The summed E-state index contributed by atoms with van der Waals surface area (Å²) in [4.78, 5) is 177. The predicted octanol–water partition coefficient (Wildman–Crippen LogP) is 3.86. The van der Waals surface area contributed by atoms with Crippen molar-refractivity contribution >= 4 is 70.8 Å². The largest absolute Gasteiger partial charge is 0.505 e. The Morgan fingerprint density at radius 1 is 0.806 bits per heavy atom. The van der Waals surface area contributed by atoms with Gasteiger partial charge in [-0.05, 0) is 74.8 Å². The molecule has 0 saturated carbocycles. The lowest BCUT2D eigenvalue weighted by Crippen LogP contribution is -2.61. The van der Waals surface area contributed by atoms with Gasteiger partial charge < -0.3 is 65.0 Å². The topological polar surface area (TPSA) is 364 Å². The molecule has 5 aliphatic rings. The van der Waals surface area contributed by atoms with Gasteiger partial charge in [-0.3, -0.25) is 47.9 Å². The number of Topliss-reactive ketones (excluding diaryl/α,β-unsaturated/α-hetero) is 2. The number of benzene rings is 2. The molecule has 7 heterocycles. The van der Waals surface area contributed by atoms with E-state index in [0.717, 1.165) is 17.4 Å². The van der Waals surface area contributed by atoms with Crippen LogP contribution in [0.25, 0.3) is 0 Å². The van der Waals surface area contributed by atoms with E-state index in [2.05, 4.69) is 31.2 Å². The van der Waals surface area contributed by atoms with Crippen LogP contribution in [0.5, 0.6) is 5.75 Å². The number of esters is 2. The molecule has 27 nitrogen and oxygen atoms in total. The van der Waals surface area contributed by atoms with Crippen LogP contribution in [0.15, 0.2) is 137 Å². The smallest absolute Gasteiger partial charge is 0.355 e. The third kappa shape index (κ3) is 18.8. The summed E-state index contributed by atoms with van der Waals surface area (Å²) in [5.74, 6) is -8.36. The number of likely N-dealkylation sites (N-methyl/N-ethyl adjacent to an activating group) is 1. The molecule has 4 aromatic rings. The highest BCUT2D eigenvalue weighted by molar-refractivity contribution is 6.02. The van der Waals surface area contributed by atoms with Crippen molar-refractivity contribution in [3.8, 4) is 5.75 Å². The van der Waals surface area contributed by atoms with Gasteiger partial charge in [-0.2, -0.15) is 0 Å². The number of rotatable bonds is 7. The number of ketones is 2. The maximum atomic E-state index is 14.8. The first-order valence-electron chi connectivity index (χ1n) is 32.8. The molecule has 0 aliphatic carbocycles. The highest BCUT2D eigenvalue weighted by Gasteiger charge is 2.46. The summed E-state index contributed by atoms with van der Waals surface area (Å²) in [7, 11) is 1.47. The average Bonchev–Trinajstić information content (AvgIpc) is 1.08. The molecule has 5 aliphatic heterocycles. The molecule has 3 fully saturated rings. The molecular formula is C71H84N10O17. The van der Waals surface area contributed by atoms with Gasteiger partial charge in [0.2, 0.25) is 41.3 Å². The number of pyridine rings is 1. The lowest BCUT2D eigenvalue weighted by Gasteiger charge is -2.40. The van der Waals surface area contributed by atoms with Crippen LogP contribution in [-0.2, 0) is 70.3 Å². The van der Waals surface area contributed by atoms with Gasteiger partial charge in [-0.15, -0.1) is 0 Å². The van der Waals surface area contributed by atoms with E-state index in [1.54, 1.807) is 98.8 Å². The summed E-state index contributed by atoms with van der Waals surface area (Å²) in [5.41, 5.74) is 1.37. The van der Waals surface area contributed by atoms with Gasteiger partial charge in [0.25, 0.3) is 11.8 Å². The maximum Gasteiger partial charge on any atom is 0.355 e. The number of carbonyl (C=O) groups is 12. The number of aliphatic hydroxyl groups is 1. The fourth-order valence-electron chi connectivity index (χ4n) is 12.2. The Balaban J connectivity index is 0.000000277. The minimum Gasteiger partial charge on any atom is -0.505 e. The van der Waals surface area contributed by atoms with Gasteiger partial charge in [0.05, 0.1) is 12.5 Å². The second kappa shape index (κ2) is 34.0. The molecule has 98 heavy (non-hydrogen) atoms. The van der Waals surface area contributed by atoms with Crippen molar-refractivity contribution < 1.29 is 81.6 Å². The molecule has 2 aromatic heterocycles. The quantitative estimate of drug-likeness (QED) is 0.143. The standard InChI is InChI=1S/C43H49N7O10.C28H35N3O7/c1-4-29-40(56)49-21-12-17-30(49)41(57)48(3)32(23-26-13-7-5-8-14-26)42(58)50-22-19-28(51)24-31(50)37(53)47-35(27-15-9-6-10-16-27)43(59)60-25(2)34(38(54)45-29)46-39(55)36-33(52)18-11-20-44-36;1-17(2)26-19(4)9-10-24(34)29-11-5-7-18(3)13-20(32)14-21(33)15-25-30-22(16-37-25)27(35)31-12-6-8-23(31)28(36)38-26/h5-11,13-16,18,20,25,29-32,34-35,52H,4,12,17,19,21-24H2,1-3H3,(H,45,54)(H,46,55)(H,47,53);5,7-10,13,16-17,19-20,26,32H,6,11-12,14-15H2,1-4H3,(H,29,34)/b;7-5-,10-9-,18-13-/t25-,29-,30+,31+,32+,34+,35+;19-,20-,26-/m11/s1. The van der Waals surface area contributed by atoms with Crippen LogP contribution in [0.3, 0.4) is 0 Å². The summed E-state index contributed by atoms with van der Waals surface area (Å²) in [6.07, 6.45) is 9.72. The van der Waals surface area contributed by atoms with Crippen molar-refractivity contribution in [1.82, 2.24) is 50.8 Å². The zero-order chi connectivity index (χ0) is 70.9. The number of piperidine rings is 1. The monoisotopic (exact) mass is 1350 g/mol. The van der Waals surface area contributed by atoms with Crippen LogP contribution < -0.4 is 21.3 Å². The molecule has 2 bridgehead atoms. The number of allylic oxidation sites excluding steroid dienone is 2. The Bertz CT molecular complexity index is 3750. The maximum absolute atomic E-state index is 14.8. The number of aromatic hydroxyl groups is 1. The molecular weight excluding hydrogens is 1260 g/mol. The molecule has 3 saturated heterocycles. The summed E-state index contributed by atoms with van der Waals surface area (Å²) in [6, 6.07) is 11.7. The number of oxazole rings is 1.